The van der Waals surface area contributed by atoms with Gasteiger partial charge >= 0.3 is 6.18 Å². The van der Waals surface area contributed by atoms with Crippen molar-refractivity contribution in [3.63, 3.8) is 0 Å². The molecule has 0 aliphatic carbocycles. The lowest BCUT2D eigenvalue weighted by atomic mass is 10.1. The summed E-state index contributed by atoms with van der Waals surface area (Å²) in [5, 5.41) is 2.47. The minimum absolute atomic E-state index is 0.0354. The lowest BCUT2D eigenvalue weighted by molar-refractivity contribution is -0.138. The molecule has 0 saturated carbocycles. The molecule has 1 heterocycles. The van der Waals surface area contributed by atoms with Crippen LogP contribution >= 0.6 is 0 Å². The predicted octanol–water partition coefficient (Wildman–Crippen LogP) is 1.28. The van der Waals surface area contributed by atoms with E-state index in [1.54, 1.807) is 12.1 Å². The second-order valence-electron chi connectivity index (χ2n) is 5.22. The maximum atomic E-state index is 12.7. The number of nitrogens with two attached hydrogens (primary N) is 1. The number of hydrogen-bond donors (Lipinski definition) is 2. The van der Waals surface area contributed by atoms with Gasteiger partial charge in [0.1, 0.15) is 6.54 Å². The Morgan fingerprint density at radius 3 is 2.52 bits per heavy atom. The van der Waals surface area contributed by atoms with Gasteiger partial charge in [-0.2, -0.15) is 13.2 Å². The Hall–Kier alpha value is -3.10. The Kier molecular flexibility index (Phi) is 5.26. The van der Waals surface area contributed by atoms with E-state index >= 15 is 0 Å². The van der Waals surface area contributed by atoms with Gasteiger partial charge in [-0.1, -0.05) is 12.1 Å². The molecule has 9 heteroatoms. The highest BCUT2D eigenvalue weighted by atomic mass is 19.4. The van der Waals surface area contributed by atoms with Gasteiger partial charge in [0.2, 0.25) is 11.8 Å². The molecule has 3 N–H and O–H groups in total. The molecule has 2 rings (SSSR count). The first kappa shape index (κ1) is 18.2. The zero-order chi connectivity index (χ0) is 18.6. The first-order chi connectivity index (χ1) is 11.7. The third-order valence-corrected chi connectivity index (χ3v) is 3.33. The van der Waals surface area contributed by atoms with Crippen molar-refractivity contribution in [1.82, 2.24) is 9.88 Å². The van der Waals surface area contributed by atoms with Crippen molar-refractivity contribution in [3.8, 4) is 0 Å². The quantitative estimate of drug-likeness (QED) is 0.848. The van der Waals surface area contributed by atoms with Crippen LogP contribution in [0.1, 0.15) is 21.5 Å². The topological polar surface area (TPSA) is 94.2 Å². The first-order valence-corrected chi connectivity index (χ1v) is 7.10. The van der Waals surface area contributed by atoms with E-state index in [0.717, 1.165) is 6.07 Å². The highest BCUT2D eigenvalue weighted by Gasteiger charge is 2.31. The molecule has 25 heavy (non-hydrogen) atoms. The molecule has 0 aliphatic heterocycles. The van der Waals surface area contributed by atoms with Gasteiger partial charge in [-0.15, -0.1) is 0 Å². The zero-order valence-corrected chi connectivity index (χ0v) is 12.8. The lowest BCUT2D eigenvalue weighted by Gasteiger charge is -2.11. The number of amides is 2. The van der Waals surface area contributed by atoms with Gasteiger partial charge < -0.3 is 15.6 Å². The molecule has 0 radical (unpaired) electrons. The molecule has 0 saturated heterocycles. The number of primary amides is 1. The Labute approximate surface area is 140 Å². The van der Waals surface area contributed by atoms with Crippen molar-refractivity contribution in [2.45, 2.75) is 19.3 Å². The maximum Gasteiger partial charge on any atom is 0.417 e. The van der Waals surface area contributed by atoms with Gasteiger partial charge in [-0.25, -0.2) is 0 Å². The van der Waals surface area contributed by atoms with Crippen molar-refractivity contribution in [3.05, 3.63) is 69.6 Å². The Morgan fingerprint density at radius 1 is 1.16 bits per heavy atom. The summed E-state index contributed by atoms with van der Waals surface area (Å²) in [6.07, 6.45) is -4.02. The fourth-order valence-electron chi connectivity index (χ4n) is 2.07. The van der Waals surface area contributed by atoms with Crippen LogP contribution in [-0.2, 0) is 24.1 Å². The average Bonchev–Trinajstić information content (AvgIpc) is 2.54. The summed E-state index contributed by atoms with van der Waals surface area (Å²) in [4.78, 5) is 34.6. The highest BCUT2D eigenvalue weighted by Crippen LogP contribution is 2.27. The van der Waals surface area contributed by atoms with E-state index in [0.29, 0.717) is 22.4 Å². The fraction of sp³-hybridized carbons (Fsp3) is 0.188. The SMILES string of the molecule is NC(=O)c1cccc(CNC(=O)Cn2cc(C(F)(F)F)ccc2=O)c1. The number of nitrogens with zero attached hydrogens (tertiary/aromatic N) is 1. The van der Waals surface area contributed by atoms with Gasteiger partial charge in [0.25, 0.3) is 5.56 Å². The second-order valence-corrected chi connectivity index (χ2v) is 5.22. The van der Waals surface area contributed by atoms with Crippen LogP contribution in [0.2, 0.25) is 0 Å². The van der Waals surface area contributed by atoms with E-state index < -0.39 is 35.7 Å². The number of carbonyl (C=O) groups is 2. The monoisotopic (exact) mass is 353 g/mol. The van der Waals surface area contributed by atoms with Gasteiger partial charge in [-0.05, 0) is 23.8 Å². The number of rotatable bonds is 5. The van der Waals surface area contributed by atoms with E-state index in [1.165, 1.54) is 12.1 Å². The number of benzene rings is 1. The molecule has 2 amide bonds. The predicted molar refractivity (Wildman–Crippen MR) is 82.5 cm³/mol. The number of halogens is 3. The molecule has 0 spiro atoms. The fourth-order valence-corrected chi connectivity index (χ4v) is 2.07. The van der Waals surface area contributed by atoms with Crippen LogP contribution in [0.4, 0.5) is 13.2 Å². The number of aromatic nitrogens is 1. The summed E-state index contributed by atoms with van der Waals surface area (Å²) < 4.78 is 38.6. The van der Waals surface area contributed by atoms with Crippen molar-refractivity contribution in [1.29, 1.82) is 0 Å². The van der Waals surface area contributed by atoms with Crippen LogP contribution < -0.4 is 16.6 Å². The molecule has 0 fully saturated rings. The molecular weight excluding hydrogens is 339 g/mol. The van der Waals surface area contributed by atoms with Crippen LogP contribution in [0.15, 0.2) is 47.4 Å². The smallest absolute Gasteiger partial charge is 0.366 e. The molecule has 0 bridgehead atoms. The van der Waals surface area contributed by atoms with Crippen LogP contribution in [0, 0.1) is 0 Å². The van der Waals surface area contributed by atoms with Gasteiger partial charge in [0.15, 0.2) is 0 Å². The molecule has 6 nitrogen and oxygen atoms in total. The van der Waals surface area contributed by atoms with Crippen LogP contribution in [0.5, 0.6) is 0 Å². The molecule has 1 aromatic carbocycles. The van der Waals surface area contributed by atoms with Crippen molar-refractivity contribution < 1.29 is 22.8 Å². The van der Waals surface area contributed by atoms with E-state index in [9.17, 15) is 27.6 Å². The normalized spacial score (nSPS) is 11.2. The van der Waals surface area contributed by atoms with E-state index in [2.05, 4.69) is 5.32 Å². The van der Waals surface area contributed by atoms with Crippen LogP contribution in [-0.4, -0.2) is 16.4 Å². The lowest BCUT2D eigenvalue weighted by Crippen LogP contribution is -2.32. The van der Waals surface area contributed by atoms with E-state index in [-0.39, 0.29) is 12.1 Å². The Morgan fingerprint density at radius 2 is 1.88 bits per heavy atom. The average molecular weight is 353 g/mol. The largest absolute Gasteiger partial charge is 0.417 e. The van der Waals surface area contributed by atoms with Crippen LogP contribution in [0.25, 0.3) is 0 Å². The second kappa shape index (κ2) is 7.20. The number of hydrogen-bond acceptors (Lipinski definition) is 3. The first-order valence-electron chi connectivity index (χ1n) is 7.10. The summed E-state index contributed by atoms with van der Waals surface area (Å²) in [5.41, 5.74) is 4.26. The van der Waals surface area contributed by atoms with Crippen LogP contribution in [0.3, 0.4) is 0 Å². The van der Waals surface area contributed by atoms with Gasteiger partial charge in [0.05, 0.1) is 5.56 Å². The Bertz CT molecular complexity index is 859. The standard InChI is InChI=1S/C16H14F3N3O3/c17-16(18,19)12-4-5-14(24)22(8-12)9-13(23)21-7-10-2-1-3-11(6-10)15(20)25/h1-6,8H,7,9H2,(H2,20,25)(H,21,23). The molecule has 0 unspecified atom stereocenters. The summed E-state index contributed by atoms with van der Waals surface area (Å²) in [6, 6.07) is 7.63. The number of alkyl halides is 3. The van der Waals surface area contributed by atoms with Crippen molar-refractivity contribution in [2.24, 2.45) is 5.73 Å². The van der Waals surface area contributed by atoms with E-state index in [4.69, 9.17) is 5.73 Å². The third kappa shape index (κ3) is 4.93. The van der Waals surface area contributed by atoms with Gasteiger partial charge in [0, 0.05) is 24.4 Å². The van der Waals surface area contributed by atoms with Crippen molar-refractivity contribution in [2.75, 3.05) is 0 Å². The zero-order valence-electron chi connectivity index (χ0n) is 12.8. The number of pyridine rings is 1. The number of carbonyl (C=O) groups excluding carboxylic acids is 2. The Balaban J connectivity index is 2.05. The molecule has 1 aromatic heterocycles. The maximum absolute atomic E-state index is 12.7. The minimum atomic E-state index is -4.61. The summed E-state index contributed by atoms with van der Waals surface area (Å²) in [5.74, 6) is -1.27. The molecule has 0 atom stereocenters. The number of nitrogens with one attached hydrogen (secondary N) is 1. The molecule has 2 aromatic rings. The summed E-state index contributed by atoms with van der Waals surface area (Å²) in [6.45, 7) is -0.522. The molecule has 0 aliphatic rings. The summed E-state index contributed by atoms with van der Waals surface area (Å²) >= 11 is 0. The third-order valence-electron chi connectivity index (χ3n) is 3.33. The van der Waals surface area contributed by atoms with E-state index in [1.807, 2.05) is 0 Å². The minimum Gasteiger partial charge on any atom is -0.366 e. The highest BCUT2D eigenvalue weighted by molar-refractivity contribution is 5.92. The van der Waals surface area contributed by atoms with Gasteiger partial charge in [-0.3, -0.25) is 14.4 Å². The molecule has 132 valence electrons. The van der Waals surface area contributed by atoms with Crippen molar-refractivity contribution >= 4 is 11.8 Å². The molecular formula is C16H14F3N3O3. The summed E-state index contributed by atoms with van der Waals surface area (Å²) in [7, 11) is 0.